The van der Waals surface area contributed by atoms with Crippen molar-refractivity contribution in [2.45, 2.75) is 13.8 Å². The molecule has 2 heterocycles. The van der Waals surface area contributed by atoms with Crippen LogP contribution >= 0.6 is 11.3 Å². The minimum Gasteiger partial charge on any atom is -0.463 e. The van der Waals surface area contributed by atoms with E-state index < -0.39 is 0 Å². The fourth-order valence-corrected chi connectivity index (χ4v) is 3.71. The Kier molecular flexibility index (Phi) is 4.56. The molecule has 2 aromatic heterocycles. The number of para-hydroxylation sites is 1. The zero-order chi connectivity index (χ0) is 18.8. The second kappa shape index (κ2) is 7.17. The Morgan fingerprint density at radius 3 is 2.74 bits per heavy atom. The molecule has 0 atom stereocenters. The Morgan fingerprint density at radius 1 is 1.15 bits per heavy atom. The summed E-state index contributed by atoms with van der Waals surface area (Å²) in [5, 5.41) is 6.24. The predicted molar refractivity (Wildman–Crippen MR) is 109 cm³/mol. The number of fused-ring (bicyclic) bond motifs is 1. The van der Waals surface area contributed by atoms with E-state index in [1.54, 1.807) is 18.4 Å². The van der Waals surface area contributed by atoms with Gasteiger partial charge in [0.05, 0.1) is 22.7 Å². The molecule has 134 valence electrons. The maximum atomic E-state index is 13.3. The molecular formula is C21H17N3O2S. The number of furan rings is 1. The predicted octanol–water partition coefficient (Wildman–Crippen LogP) is 5.19. The molecule has 6 heteroatoms. The summed E-state index contributed by atoms with van der Waals surface area (Å²) in [6.07, 6.45) is 3.09. The highest BCUT2D eigenvalue weighted by Crippen LogP contribution is 2.30. The van der Waals surface area contributed by atoms with Crippen LogP contribution in [0.2, 0.25) is 0 Å². The van der Waals surface area contributed by atoms with Crippen LogP contribution < -0.4 is 5.01 Å². The molecule has 0 radical (unpaired) electrons. The van der Waals surface area contributed by atoms with Crippen LogP contribution in [0.15, 0.2) is 70.4 Å². The van der Waals surface area contributed by atoms with Crippen LogP contribution in [0, 0.1) is 13.8 Å². The van der Waals surface area contributed by atoms with E-state index in [1.807, 2.05) is 56.3 Å². The average molecular weight is 375 g/mol. The van der Waals surface area contributed by atoms with Gasteiger partial charge in [0.25, 0.3) is 5.91 Å². The van der Waals surface area contributed by atoms with Gasteiger partial charge in [-0.2, -0.15) is 10.1 Å². The number of anilines is 1. The second-order valence-electron chi connectivity index (χ2n) is 6.16. The van der Waals surface area contributed by atoms with Gasteiger partial charge in [0, 0.05) is 5.56 Å². The summed E-state index contributed by atoms with van der Waals surface area (Å²) in [7, 11) is 0. The number of amides is 1. The van der Waals surface area contributed by atoms with E-state index in [0.717, 1.165) is 21.3 Å². The summed E-state index contributed by atoms with van der Waals surface area (Å²) in [4.78, 5) is 17.8. The zero-order valence-corrected chi connectivity index (χ0v) is 15.7. The third kappa shape index (κ3) is 3.52. The average Bonchev–Trinajstić information content (AvgIpc) is 3.31. The van der Waals surface area contributed by atoms with Crippen LogP contribution in [0.4, 0.5) is 5.13 Å². The third-order valence-electron chi connectivity index (χ3n) is 4.11. The maximum absolute atomic E-state index is 13.3. The standard InChI is InChI=1S/C21H17N3O2S/c1-14-9-10-17(15(2)12-14)20(25)24(22-13-16-6-5-11-26-16)21-23-18-7-3-4-8-19(18)27-21/h3-13H,1-2H3/b22-13-. The number of hydrogen-bond acceptors (Lipinski definition) is 5. The minimum atomic E-state index is -0.227. The van der Waals surface area contributed by atoms with Gasteiger partial charge in [-0.1, -0.05) is 41.2 Å². The van der Waals surface area contributed by atoms with E-state index in [9.17, 15) is 4.79 Å². The highest BCUT2D eigenvalue weighted by Gasteiger charge is 2.22. The number of thiazole rings is 1. The van der Waals surface area contributed by atoms with Crippen LogP contribution in [0.25, 0.3) is 10.2 Å². The molecule has 0 fully saturated rings. The molecule has 4 rings (SSSR count). The first-order valence-electron chi connectivity index (χ1n) is 8.46. The van der Waals surface area contributed by atoms with Crippen LogP contribution in [0.5, 0.6) is 0 Å². The maximum Gasteiger partial charge on any atom is 0.281 e. The van der Waals surface area contributed by atoms with Gasteiger partial charge in [0.2, 0.25) is 5.13 Å². The Labute approximate surface area is 160 Å². The van der Waals surface area contributed by atoms with Crippen molar-refractivity contribution in [2.75, 3.05) is 5.01 Å². The van der Waals surface area contributed by atoms with Crippen LogP contribution in [0.1, 0.15) is 27.2 Å². The lowest BCUT2D eigenvalue weighted by Gasteiger charge is -2.15. The fraction of sp³-hybridized carbons (Fsp3) is 0.0952. The number of carbonyl (C=O) groups is 1. The third-order valence-corrected chi connectivity index (χ3v) is 5.12. The summed E-state index contributed by atoms with van der Waals surface area (Å²) in [5.74, 6) is 0.337. The van der Waals surface area contributed by atoms with Crippen molar-refractivity contribution in [3.8, 4) is 0 Å². The van der Waals surface area contributed by atoms with Crippen molar-refractivity contribution in [2.24, 2.45) is 5.10 Å². The molecule has 0 aliphatic heterocycles. The number of benzene rings is 2. The molecule has 4 aromatic rings. The highest BCUT2D eigenvalue weighted by atomic mass is 32.1. The number of aromatic nitrogens is 1. The Balaban J connectivity index is 1.78. The van der Waals surface area contributed by atoms with Crippen molar-refractivity contribution in [1.29, 1.82) is 0 Å². The lowest BCUT2D eigenvalue weighted by molar-refractivity contribution is 0.0987. The molecule has 0 aliphatic carbocycles. The van der Waals surface area contributed by atoms with Crippen LogP contribution in [-0.2, 0) is 0 Å². The van der Waals surface area contributed by atoms with Gasteiger partial charge in [0.15, 0.2) is 0 Å². The molecule has 5 nitrogen and oxygen atoms in total. The molecule has 0 N–H and O–H groups in total. The van der Waals surface area contributed by atoms with Crippen molar-refractivity contribution in [3.05, 3.63) is 83.3 Å². The Hall–Kier alpha value is -3.25. The summed E-state index contributed by atoms with van der Waals surface area (Å²) >= 11 is 1.42. The largest absolute Gasteiger partial charge is 0.463 e. The highest BCUT2D eigenvalue weighted by molar-refractivity contribution is 7.22. The number of rotatable bonds is 4. The fourth-order valence-electron chi connectivity index (χ4n) is 2.79. The lowest BCUT2D eigenvalue weighted by Crippen LogP contribution is -2.26. The molecule has 2 aromatic carbocycles. The number of hydrogen-bond donors (Lipinski definition) is 0. The molecular weight excluding hydrogens is 358 g/mol. The first kappa shape index (κ1) is 17.2. The van der Waals surface area contributed by atoms with Gasteiger partial charge in [0.1, 0.15) is 5.76 Å². The Bertz CT molecular complexity index is 1100. The quantitative estimate of drug-likeness (QED) is 0.364. The van der Waals surface area contributed by atoms with Gasteiger partial charge < -0.3 is 4.42 Å². The van der Waals surface area contributed by atoms with Gasteiger partial charge >= 0.3 is 0 Å². The van der Waals surface area contributed by atoms with Crippen molar-refractivity contribution >= 4 is 38.8 Å². The number of nitrogens with zero attached hydrogens (tertiary/aromatic N) is 3. The summed E-state index contributed by atoms with van der Waals surface area (Å²) in [5.41, 5.74) is 3.44. The number of carbonyl (C=O) groups excluding carboxylic acids is 1. The molecule has 0 bridgehead atoms. The molecule has 0 spiro atoms. The summed E-state index contributed by atoms with van der Waals surface area (Å²) in [6.45, 7) is 3.93. The molecule has 0 unspecified atom stereocenters. The molecule has 1 amide bonds. The minimum absolute atomic E-state index is 0.227. The van der Waals surface area contributed by atoms with E-state index in [1.165, 1.54) is 22.6 Å². The topological polar surface area (TPSA) is 58.7 Å². The van der Waals surface area contributed by atoms with E-state index in [0.29, 0.717) is 16.5 Å². The van der Waals surface area contributed by atoms with E-state index in [4.69, 9.17) is 4.42 Å². The smallest absolute Gasteiger partial charge is 0.281 e. The SMILES string of the molecule is Cc1ccc(C(=O)N(/N=C\c2ccco2)c2nc3ccccc3s2)c(C)c1. The lowest BCUT2D eigenvalue weighted by atomic mass is 10.1. The molecule has 0 saturated carbocycles. The Morgan fingerprint density at radius 2 is 2.00 bits per heavy atom. The summed E-state index contributed by atoms with van der Waals surface area (Å²) in [6, 6.07) is 17.1. The van der Waals surface area contributed by atoms with E-state index >= 15 is 0 Å². The molecule has 0 aliphatic rings. The van der Waals surface area contributed by atoms with Gasteiger partial charge in [-0.05, 0) is 49.7 Å². The first-order chi connectivity index (χ1) is 13.1. The number of aryl methyl sites for hydroxylation is 2. The number of hydrazone groups is 1. The monoisotopic (exact) mass is 375 g/mol. The second-order valence-corrected chi connectivity index (χ2v) is 7.17. The van der Waals surface area contributed by atoms with Crippen LogP contribution in [0.3, 0.4) is 0 Å². The van der Waals surface area contributed by atoms with E-state index in [-0.39, 0.29) is 5.91 Å². The van der Waals surface area contributed by atoms with Crippen molar-refractivity contribution in [3.63, 3.8) is 0 Å². The van der Waals surface area contributed by atoms with Gasteiger partial charge in [-0.25, -0.2) is 4.98 Å². The molecule has 0 saturated heterocycles. The summed E-state index contributed by atoms with van der Waals surface area (Å²) < 4.78 is 6.30. The van der Waals surface area contributed by atoms with Gasteiger partial charge in [-0.15, -0.1) is 0 Å². The van der Waals surface area contributed by atoms with E-state index in [2.05, 4.69) is 10.1 Å². The van der Waals surface area contributed by atoms with Gasteiger partial charge in [-0.3, -0.25) is 4.79 Å². The first-order valence-corrected chi connectivity index (χ1v) is 9.28. The zero-order valence-electron chi connectivity index (χ0n) is 14.9. The van der Waals surface area contributed by atoms with Crippen LogP contribution in [-0.4, -0.2) is 17.1 Å². The normalized spacial score (nSPS) is 11.3. The molecule has 27 heavy (non-hydrogen) atoms. The van der Waals surface area contributed by atoms with Crippen molar-refractivity contribution in [1.82, 2.24) is 4.98 Å². The van der Waals surface area contributed by atoms with Crippen molar-refractivity contribution < 1.29 is 9.21 Å².